The van der Waals surface area contributed by atoms with Crippen molar-refractivity contribution in [2.75, 3.05) is 0 Å². The fourth-order valence-electron chi connectivity index (χ4n) is 0.818. The smallest absolute Gasteiger partial charge is 0.273 e. The molecule has 0 nitrogen and oxygen atoms in total. The fourth-order valence-corrected chi connectivity index (χ4v) is 0.818. The minimum Gasteiger partial charge on any atom is -0.273 e. The van der Waals surface area contributed by atoms with Crippen LogP contribution in [-0.2, 0) is 17.1 Å². The van der Waals surface area contributed by atoms with Crippen LogP contribution in [0.15, 0.2) is 48.6 Å². The molecule has 13 heavy (non-hydrogen) atoms. The standard InChI is InChI=1S/C7H7.C5H5.Fe/c1-7-5-3-2-4-6-7;1-2-4-5-3-1;/h2-6H,1H2;1-3H,4H2;/q2*-1;+2. The zero-order chi connectivity index (χ0) is 8.65. The Kier molecular flexibility index (Phi) is 7.18. The molecule has 0 fully saturated rings. The summed E-state index contributed by atoms with van der Waals surface area (Å²) in [5.41, 5.74) is 1.07. The molecular weight excluding hydrogens is 200 g/mol. The summed E-state index contributed by atoms with van der Waals surface area (Å²) in [6, 6.07) is 9.87. The fraction of sp³-hybridized carbons (Fsp3) is 0.0833. The Bertz CT molecular complexity index is 250. The Balaban J connectivity index is 0.000000215. The normalized spacial score (nSPS) is 11.4. The van der Waals surface area contributed by atoms with E-state index in [0.717, 1.165) is 12.0 Å². The van der Waals surface area contributed by atoms with Crippen molar-refractivity contribution in [1.29, 1.82) is 0 Å². The number of hydrogen-bond donors (Lipinski definition) is 0. The molecule has 0 aliphatic heterocycles. The molecule has 68 valence electrons. The van der Waals surface area contributed by atoms with Crippen molar-refractivity contribution in [3.63, 3.8) is 0 Å². The molecule has 0 N–H and O–H groups in total. The Labute approximate surface area is 90.8 Å². The van der Waals surface area contributed by atoms with Gasteiger partial charge in [-0.05, 0) is 0 Å². The van der Waals surface area contributed by atoms with E-state index < -0.39 is 0 Å². The predicted molar refractivity (Wildman–Crippen MR) is 52.5 cm³/mol. The van der Waals surface area contributed by atoms with Crippen LogP contribution < -0.4 is 0 Å². The molecule has 0 radical (unpaired) electrons. The molecule has 0 saturated heterocycles. The van der Waals surface area contributed by atoms with E-state index in [1.165, 1.54) is 0 Å². The summed E-state index contributed by atoms with van der Waals surface area (Å²) in [6.45, 7) is 3.72. The molecule has 1 heteroatoms. The van der Waals surface area contributed by atoms with E-state index in [-0.39, 0.29) is 17.1 Å². The quantitative estimate of drug-likeness (QED) is 0.457. The monoisotopic (exact) mass is 212 g/mol. The van der Waals surface area contributed by atoms with Crippen LogP contribution in [0.3, 0.4) is 0 Å². The van der Waals surface area contributed by atoms with Gasteiger partial charge in [0, 0.05) is 0 Å². The van der Waals surface area contributed by atoms with Gasteiger partial charge in [0.15, 0.2) is 0 Å². The van der Waals surface area contributed by atoms with Crippen molar-refractivity contribution in [2.24, 2.45) is 0 Å². The summed E-state index contributed by atoms with van der Waals surface area (Å²) in [5, 5.41) is 0. The number of hydrogen-bond acceptors (Lipinski definition) is 0. The maximum atomic E-state index is 3.72. The van der Waals surface area contributed by atoms with Crippen LogP contribution in [0.25, 0.3) is 0 Å². The van der Waals surface area contributed by atoms with Crippen LogP contribution in [-0.4, -0.2) is 0 Å². The van der Waals surface area contributed by atoms with Gasteiger partial charge >= 0.3 is 17.1 Å². The molecule has 0 atom stereocenters. The van der Waals surface area contributed by atoms with Gasteiger partial charge in [0.2, 0.25) is 0 Å². The van der Waals surface area contributed by atoms with E-state index in [1.54, 1.807) is 0 Å². The first-order chi connectivity index (χ1) is 5.89. The van der Waals surface area contributed by atoms with Crippen molar-refractivity contribution in [2.45, 2.75) is 6.42 Å². The maximum absolute atomic E-state index is 3.72. The molecular formula is C12H12Fe. The SMILES string of the molecule is [C-]1=CC=CC1.[CH2-]c1ccccc1.[Fe+2]. The first-order valence-electron chi connectivity index (χ1n) is 3.98. The molecule has 1 aliphatic carbocycles. The van der Waals surface area contributed by atoms with Gasteiger partial charge in [0.05, 0.1) is 0 Å². The van der Waals surface area contributed by atoms with Crippen molar-refractivity contribution < 1.29 is 17.1 Å². The molecule has 0 spiro atoms. The first kappa shape index (κ1) is 12.1. The topological polar surface area (TPSA) is 0 Å². The molecule has 0 heterocycles. The van der Waals surface area contributed by atoms with E-state index in [4.69, 9.17) is 0 Å². The average Bonchev–Trinajstić information content (AvgIpc) is 2.62. The first-order valence-corrected chi connectivity index (χ1v) is 3.98. The number of allylic oxidation sites excluding steroid dienone is 4. The number of benzene rings is 1. The zero-order valence-corrected chi connectivity index (χ0v) is 8.49. The Hall–Kier alpha value is -0.911. The van der Waals surface area contributed by atoms with E-state index in [9.17, 15) is 0 Å². The maximum Gasteiger partial charge on any atom is 2.00 e. The second kappa shape index (κ2) is 7.72. The van der Waals surface area contributed by atoms with E-state index in [0.29, 0.717) is 0 Å². The molecule has 0 bridgehead atoms. The largest absolute Gasteiger partial charge is 2.00 e. The summed E-state index contributed by atoms with van der Waals surface area (Å²) < 4.78 is 0. The molecule has 0 unspecified atom stereocenters. The van der Waals surface area contributed by atoms with E-state index in [1.807, 2.05) is 42.5 Å². The summed E-state index contributed by atoms with van der Waals surface area (Å²) in [4.78, 5) is 0. The van der Waals surface area contributed by atoms with Crippen LogP contribution in [0.1, 0.15) is 12.0 Å². The Morgan fingerprint density at radius 1 is 1.15 bits per heavy atom. The molecule has 1 aliphatic rings. The van der Waals surface area contributed by atoms with Crippen molar-refractivity contribution in [3.8, 4) is 0 Å². The molecule has 0 saturated carbocycles. The van der Waals surface area contributed by atoms with Crippen LogP contribution >= 0.6 is 0 Å². The molecule has 1 aromatic rings. The average molecular weight is 212 g/mol. The molecule has 2 rings (SSSR count). The molecule has 0 aromatic heterocycles. The van der Waals surface area contributed by atoms with Gasteiger partial charge < -0.3 is 0 Å². The molecule has 1 aromatic carbocycles. The second-order valence-electron chi connectivity index (χ2n) is 2.49. The summed E-state index contributed by atoms with van der Waals surface area (Å²) in [6.07, 6.45) is 10.0. The van der Waals surface area contributed by atoms with Gasteiger partial charge in [-0.15, -0.1) is 18.6 Å². The predicted octanol–water partition coefficient (Wildman–Crippen LogP) is 3.17. The van der Waals surface area contributed by atoms with Crippen LogP contribution in [0.4, 0.5) is 0 Å². The minimum atomic E-state index is 0. The van der Waals surface area contributed by atoms with E-state index >= 15 is 0 Å². The summed E-state index contributed by atoms with van der Waals surface area (Å²) >= 11 is 0. The minimum absolute atomic E-state index is 0. The third kappa shape index (κ3) is 6.27. The van der Waals surface area contributed by atoms with Gasteiger partial charge in [-0.1, -0.05) is 6.07 Å². The van der Waals surface area contributed by atoms with Crippen molar-refractivity contribution >= 4 is 0 Å². The van der Waals surface area contributed by atoms with Gasteiger partial charge in [0.25, 0.3) is 0 Å². The number of rotatable bonds is 0. The Morgan fingerprint density at radius 2 is 1.85 bits per heavy atom. The van der Waals surface area contributed by atoms with Gasteiger partial charge in [-0.25, -0.2) is 12.2 Å². The van der Waals surface area contributed by atoms with Gasteiger partial charge in [0.1, 0.15) is 0 Å². The molecule has 0 amide bonds. The second-order valence-corrected chi connectivity index (χ2v) is 2.49. The summed E-state index contributed by atoms with van der Waals surface area (Å²) in [5.74, 6) is 0. The van der Waals surface area contributed by atoms with Crippen LogP contribution in [0.2, 0.25) is 0 Å². The third-order valence-electron chi connectivity index (χ3n) is 1.43. The summed E-state index contributed by atoms with van der Waals surface area (Å²) in [7, 11) is 0. The zero-order valence-electron chi connectivity index (χ0n) is 7.39. The van der Waals surface area contributed by atoms with Gasteiger partial charge in [-0.3, -0.25) is 6.08 Å². The Morgan fingerprint density at radius 3 is 2.08 bits per heavy atom. The van der Waals surface area contributed by atoms with Gasteiger partial charge in [-0.2, -0.15) is 30.7 Å². The third-order valence-corrected chi connectivity index (χ3v) is 1.43. The van der Waals surface area contributed by atoms with Crippen LogP contribution in [0, 0.1) is 13.0 Å². The van der Waals surface area contributed by atoms with Crippen molar-refractivity contribution in [1.82, 2.24) is 0 Å². The van der Waals surface area contributed by atoms with Crippen molar-refractivity contribution in [3.05, 3.63) is 67.1 Å². The van der Waals surface area contributed by atoms with Crippen LogP contribution in [0.5, 0.6) is 0 Å². The van der Waals surface area contributed by atoms with E-state index in [2.05, 4.69) is 19.1 Å².